The highest BCUT2D eigenvalue weighted by Gasteiger charge is 2.11. The van der Waals surface area contributed by atoms with Gasteiger partial charge in [-0.1, -0.05) is 25.2 Å². The summed E-state index contributed by atoms with van der Waals surface area (Å²) in [5.74, 6) is 1.66. The third kappa shape index (κ3) is 3.29. The lowest BCUT2D eigenvalue weighted by atomic mass is 10.3. The van der Waals surface area contributed by atoms with Crippen molar-refractivity contribution in [2.24, 2.45) is 0 Å². The minimum Gasteiger partial charge on any atom is -0.493 e. The fraction of sp³-hybridized carbons (Fsp3) is 0.500. The Bertz CT molecular complexity index is 539. The summed E-state index contributed by atoms with van der Waals surface area (Å²) >= 11 is 1.61. The van der Waals surface area contributed by atoms with E-state index in [0.717, 1.165) is 46.3 Å². The van der Waals surface area contributed by atoms with Gasteiger partial charge < -0.3 is 14.8 Å². The van der Waals surface area contributed by atoms with Gasteiger partial charge in [0.25, 0.3) is 0 Å². The number of thiazole rings is 1. The van der Waals surface area contributed by atoms with Crippen molar-refractivity contribution in [1.29, 1.82) is 0 Å². The molecule has 0 aliphatic heterocycles. The lowest BCUT2D eigenvalue weighted by Crippen LogP contribution is -1.98. The van der Waals surface area contributed by atoms with Crippen LogP contribution in [0.15, 0.2) is 12.1 Å². The van der Waals surface area contributed by atoms with Crippen LogP contribution in [-0.4, -0.2) is 25.2 Å². The Hall–Kier alpha value is -1.49. The third-order valence-electron chi connectivity index (χ3n) is 2.58. The fourth-order valence-corrected chi connectivity index (χ4v) is 2.57. The average molecular weight is 280 g/mol. The zero-order valence-electron chi connectivity index (χ0n) is 11.7. The summed E-state index contributed by atoms with van der Waals surface area (Å²) in [7, 11) is 1.87. The van der Waals surface area contributed by atoms with E-state index in [-0.39, 0.29) is 0 Å². The maximum absolute atomic E-state index is 5.78. The van der Waals surface area contributed by atoms with Gasteiger partial charge in [0.2, 0.25) is 0 Å². The molecule has 0 radical (unpaired) electrons. The molecule has 5 heteroatoms. The number of fused-ring (bicyclic) bond motifs is 1. The Kier molecular flexibility index (Phi) is 4.85. The van der Waals surface area contributed by atoms with Crippen LogP contribution < -0.4 is 14.8 Å². The van der Waals surface area contributed by atoms with Gasteiger partial charge in [0.1, 0.15) is 17.0 Å². The van der Waals surface area contributed by atoms with Crippen molar-refractivity contribution in [1.82, 2.24) is 4.98 Å². The van der Waals surface area contributed by atoms with E-state index >= 15 is 0 Å². The minimum absolute atomic E-state index is 0.693. The summed E-state index contributed by atoms with van der Waals surface area (Å²) in [6, 6.07) is 3.97. The molecule has 0 amide bonds. The largest absolute Gasteiger partial charge is 0.493 e. The Labute approximate surface area is 117 Å². The molecule has 0 spiro atoms. The molecular formula is C14H20N2O2S. The summed E-state index contributed by atoms with van der Waals surface area (Å²) in [5.41, 5.74) is 0.909. The number of benzene rings is 1. The van der Waals surface area contributed by atoms with Crippen LogP contribution in [0.2, 0.25) is 0 Å². The van der Waals surface area contributed by atoms with Crippen LogP contribution in [0.4, 0.5) is 5.13 Å². The molecule has 1 aromatic heterocycles. The second-order valence-corrected chi connectivity index (χ2v) is 5.26. The van der Waals surface area contributed by atoms with E-state index in [9.17, 15) is 0 Å². The van der Waals surface area contributed by atoms with Crippen molar-refractivity contribution < 1.29 is 9.47 Å². The molecule has 0 fully saturated rings. The predicted molar refractivity (Wildman–Crippen MR) is 80.7 cm³/mol. The van der Waals surface area contributed by atoms with Crippen molar-refractivity contribution in [3.63, 3.8) is 0 Å². The van der Waals surface area contributed by atoms with E-state index < -0.39 is 0 Å². The monoisotopic (exact) mass is 280 g/mol. The highest BCUT2D eigenvalue weighted by molar-refractivity contribution is 7.22. The van der Waals surface area contributed by atoms with Crippen LogP contribution in [0.5, 0.6) is 11.5 Å². The quantitative estimate of drug-likeness (QED) is 0.835. The number of nitrogens with zero attached hydrogens (tertiary/aromatic N) is 1. The van der Waals surface area contributed by atoms with Gasteiger partial charge in [0.05, 0.1) is 17.9 Å². The van der Waals surface area contributed by atoms with Gasteiger partial charge in [-0.3, -0.25) is 0 Å². The molecule has 1 heterocycles. The van der Waals surface area contributed by atoms with Crippen molar-refractivity contribution in [3.05, 3.63) is 12.1 Å². The van der Waals surface area contributed by atoms with E-state index in [2.05, 4.69) is 24.1 Å². The van der Waals surface area contributed by atoms with E-state index in [1.165, 1.54) is 0 Å². The first-order valence-corrected chi connectivity index (χ1v) is 7.48. The normalized spacial score (nSPS) is 10.7. The van der Waals surface area contributed by atoms with Gasteiger partial charge in [-0.25, -0.2) is 4.98 Å². The average Bonchev–Trinajstić information content (AvgIpc) is 2.85. The molecule has 0 unspecified atom stereocenters. The lowest BCUT2D eigenvalue weighted by molar-refractivity contribution is 0.304. The molecule has 0 saturated heterocycles. The van der Waals surface area contributed by atoms with Crippen molar-refractivity contribution in [2.75, 3.05) is 25.6 Å². The molecule has 1 aromatic carbocycles. The topological polar surface area (TPSA) is 43.4 Å². The third-order valence-corrected chi connectivity index (χ3v) is 3.60. The number of aromatic nitrogens is 1. The van der Waals surface area contributed by atoms with Gasteiger partial charge >= 0.3 is 0 Å². The number of rotatable bonds is 7. The van der Waals surface area contributed by atoms with Gasteiger partial charge in [0, 0.05) is 13.1 Å². The summed E-state index contributed by atoms with van der Waals surface area (Å²) in [4.78, 5) is 4.53. The zero-order valence-corrected chi connectivity index (χ0v) is 12.5. The second-order valence-electron chi connectivity index (χ2n) is 4.23. The fourth-order valence-electron chi connectivity index (χ4n) is 1.71. The number of anilines is 1. The molecule has 0 saturated carbocycles. The summed E-state index contributed by atoms with van der Waals surface area (Å²) in [6.45, 7) is 5.60. The predicted octanol–water partition coefficient (Wildman–Crippen LogP) is 3.92. The first-order chi connectivity index (χ1) is 9.28. The molecule has 0 bridgehead atoms. The minimum atomic E-state index is 0.693. The van der Waals surface area contributed by atoms with E-state index in [1.807, 2.05) is 19.2 Å². The Morgan fingerprint density at radius 1 is 1.16 bits per heavy atom. The van der Waals surface area contributed by atoms with E-state index in [1.54, 1.807) is 11.3 Å². The molecule has 104 valence electrons. The maximum Gasteiger partial charge on any atom is 0.183 e. The highest BCUT2D eigenvalue weighted by atomic mass is 32.1. The van der Waals surface area contributed by atoms with Crippen LogP contribution in [0.1, 0.15) is 26.7 Å². The molecule has 0 aliphatic rings. The summed E-state index contributed by atoms with van der Waals surface area (Å²) in [5, 5.41) is 3.97. The van der Waals surface area contributed by atoms with Crippen LogP contribution in [-0.2, 0) is 0 Å². The van der Waals surface area contributed by atoms with Gasteiger partial charge in [0.15, 0.2) is 5.13 Å². The standard InChI is InChI=1S/C14H20N2O2S/c1-4-6-17-10-8-11(18-7-5-2)13-12(9-10)19-14(15-3)16-13/h8-9H,4-7H2,1-3H3,(H,15,16). The molecule has 0 atom stereocenters. The van der Waals surface area contributed by atoms with Crippen molar-refractivity contribution >= 4 is 26.7 Å². The maximum atomic E-state index is 5.78. The lowest BCUT2D eigenvalue weighted by Gasteiger charge is -2.09. The first kappa shape index (κ1) is 13.9. The van der Waals surface area contributed by atoms with Crippen molar-refractivity contribution in [3.8, 4) is 11.5 Å². The van der Waals surface area contributed by atoms with Crippen LogP contribution in [0.25, 0.3) is 10.2 Å². The van der Waals surface area contributed by atoms with Crippen LogP contribution in [0, 0.1) is 0 Å². The second kappa shape index (κ2) is 6.61. The Balaban J connectivity index is 2.37. The number of hydrogen-bond donors (Lipinski definition) is 1. The van der Waals surface area contributed by atoms with Gasteiger partial charge in [-0.15, -0.1) is 0 Å². The number of ether oxygens (including phenoxy) is 2. The molecule has 0 aliphatic carbocycles. The molecule has 2 rings (SSSR count). The first-order valence-electron chi connectivity index (χ1n) is 6.66. The van der Waals surface area contributed by atoms with Gasteiger partial charge in [-0.05, 0) is 18.9 Å². The number of nitrogens with one attached hydrogen (secondary N) is 1. The smallest absolute Gasteiger partial charge is 0.183 e. The van der Waals surface area contributed by atoms with E-state index in [0.29, 0.717) is 6.61 Å². The molecule has 2 aromatic rings. The molecule has 1 N–H and O–H groups in total. The molecule has 19 heavy (non-hydrogen) atoms. The highest BCUT2D eigenvalue weighted by Crippen LogP contribution is 2.36. The van der Waals surface area contributed by atoms with E-state index in [4.69, 9.17) is 9.47 Å². The van der Waals surface area contributed by atoms with Crippen LogP contribution >= 0.6 is 11.3 Å². The van der Waals surface area contributed by atoms with Gasteiger partial charge in [-0.2, -0.15) is 0 Å². The summed E-state index contributed by atoms with van der Waals surface area (Å²) < 4.78 is 12.6. The Morgan fingerprint density at radius 3 is 2.58 bits per heavy atom. The number of hydrogen-bond acceptors (Lipinski definition) is 5. The Morgan fingerprint density at radius 2 is 1.89 bits per heavy atom. The van der Waals surface area contributed by atoms with Crippen molar-refractivity contribution in [2.45, 2.75) is 26.7 Å². The zero-order chi connectivity index (χ0) is 13.7. The SMILES string of the molecule is CCCOc1cc(OCCC)c2nc(NC)sc2c1. The molecule has 4 nitrogen and oxygen atoms in total. The molecular weight excluding hydrogens is 260 g/mol. The van der Waals surface area contributed by atoms with Crippen LogP contribution in [0.3, 0.4) is 0 Å². The summed E-state index contributed by atoms with van der Waals surface area (Å²) in [6.07, 6.45) is 1.97.